The van der Waals surface area contributed by atoms with E-state index in [-0.39, 0.29) is 12.3 Å². The molecule has 1 aliphatic heterocycles. The molecule has 2 amide bonds. The molecule has 7 heteroatoms. The molecule has 244 valence electrons. The minimum atomic E-state index is -1.22. The Balaban J connectivity index is 1.07. The first-order chi connectivity index (χ1) is 23.5. The van der Waals surface area contributed by atoms with E-state index in [2.05, 4.69) is 0 Å². The molecule has 1 atom stereocenters. The number of carbonyl (C=O) groups is 2. The second-order valence-electron chi connectivity index (χ2n) is 12.7. The molecule has 2 aliphatic rings. The molecule has 0 bridgehead atoms. The van der Waals surface area contributed by atoms with Gasteiger partial charge < -0.3 is 13.9 Å². The Morgan fingerprint density at radius 1 is 0.771 bits per heavy atom. The number of aromatic nitrogens is 1. The first kappa shape index (κ1) is 31.4. The Labute approximate surface area is 281 Å². The van der Waals surface area contributed by atoms with Crippen LogP contribution >= 0.6 is 0 Å². The van der Waals surface area contributed by atoms with Gasteiger partial charge in [0.25, 0.3) is 5.91 Å². The fraction of sp³-hybridized carbons (Fsp3) is 0.293. The third kappa shape index (κ3) is 6.13. The lowest BCUT2D eigenvalue weighted by atomic mass is 9.75. The van der Waals surface area contributed by atoms with Crippen molar-refractivity contribution in [3.05, 3.63) is 155 Å². The molecule has 1 saturated heterocycles. The van der Waals surface area contributed by atoms with Gasteiger partial charge in [-0.25, -0.2) is 14.7 Å². The van der Waals surface area contributed by atoms with Crippen LogP contribution in [0.25, 0.3) is 0 Å². The van der Waals surface area contributed by atoms with E-state index in [0.29, 0.717) is 18.9 Å². The number of carbonyl (C=O) groups excluding carboxylic acids is 2. The summed E-state index contributed by atoms with van der Waals surface area (Å²) in [5.41, 5.74) is 2.98. The molecule has 0 radical (unpaired) electrons. The lowest BCUT2D eigenvalue weighted by Gasteiger charge is -2.40. The van der Waals surface area contributed by atoms with Crippen molar-refractivity contribution in [3.8, 4) is 5.75 Å². The molecule has 2 heterocycles. The van der Waals surface area contributed by atoms with E-state index in [4.69, 9.17) is 18.9 Å². The van der Waals surface area contributed by atoms with Gasteiger partial charge in [-0.15, -0.1) is 0 Å². The Morgan fingerprint density at radius 3 is 1.90 bits per heavy atom. The summed E-state index contributed by atoms with van der Waals surface area (Å²) in [6.07, 6.45) is 5.37. The highest BCUT2D eigenvalue weighted by Gasteiger charge is 2.55. The number of cyclic esters (lactones) is 1. The second kappa shape index (κ2) is 13.9. The SMILES string of the molecule is Cc1oc(C2CCCCC2)nc1CCOc1ccc(CC2OC(=O)N(C(c3ccccc3)(c3ccccc3)c3ccccc3)C2=O)cc1. The van der Waals surface area contributed by atoms with Crippen molar-refractivity contribution in [1.82, 2.24) is 9.88 Å². The number of nitrogens with zero attached hydrogens (tertiary/aromatic N) is 2. The number of benzene rings is 4. The first-order valence-corrected chi connectivity index (χ1v) is 16.9. The summed E-state index contributed by atoms with van der Waals surface area (Å²) in [6.45, 7) is 2.45. The number of amides is 2. The molecule has 1 unspecified atom stereocenters. The molecule has 1 aromatic heterocycles. The predicted octanol–water partition coefficient (Wildman–Crippen LogP) is 8.53. The summed E-state index contributed by atoms with van der Waals surface area (Å²) in [5, 5.41) is 0. The van der Waals surface area contributed by atoms with Crippen LogP contribution in [0.15, 0.2) is 120 Å². The Kier molecular flexibility index (Phi) is 9.10. The number of ether oxygens (including phenoxy) is 2. The zero-order valence-corrected chi connectivity index (χ0v) is 27.2. The van der Waals surface area contributed by atoms with Gasteiger partial charge in [-0.1, -0.05) is 122 Å². The highest BCUT2D eigenvalue weighted by atomic mass is 16.6. The number of aryl methyl sites for hydroxylation is 1. The van der Waals surface area contributed by atoms with Gasteiger partial charge in [0.2, 0.25) is 0 Å². The molecule has 1 aliphatic carbocycles. The Hall–Kier alpha value is -5.17. The minimum absolute atomic E-state index is 0.248. The van der Waals surface area contributed by atoms with E-state index in [9.17, 15) is 9.59 Å². The fourth-order valence-corrected chi connectivity index (χ4v) is 7.22. The van der Waals surface area contributed by atoms with E-state index in [1.54, 1.807) is 0 Å². The zero-order chi connectivity index (χ0) is 32.9. The fourth-order valence-electron chi connectivity index (χ4n) is 7.22. The number of hydrogen-bond donors (Lipinski definition) is 0. The maximum atomic E-state index is 14.3. The topological polar surface area (TPSA) is 81.9 Å². The maximum Gasteiger partial charge on any atom is 0.418 e. The third-order valence-electron chi connectivity index (χ3n) is 9.65. The number of rotatable bonds is 11. The standard InChI is InChI=1S/C41H40N2O5/c1-29-36(42-38(47-29)31-14-6-2-7-15-31)26-27-46-35-24-22-30(23-25-35)28-37-39(44)43(40(45)48-37)41(32-16-8-3-9-17-32,33-18-10-4-11-19-33)34-20-12-5-13-21-34/h3-5,8-13,16-25,31,37H,2,6-7,14-15,26-28H2,1H3. The van der Waals surface area contributed by atoms with Gasteiger partial charge in [0.15, 0.2) is 12.0 Å². The maximum absolute atomic E-state index is 14.3. The van der Waals surface area contributed by atoms with Crippen LogP contribution in [0.1, 0.15) is 77.6 Å². The lowest BCUT2D eigenvalue weighted by molar-refractivity contribution is -0.132. The average molecular weight is 641 g/mol. The monoisotopic (exact) mass is 640 g/mol. The van der Waals surface area contributed by atoms with Crippen molar-refractivity contribution in [2.24, 2.45) is 0 Å². The number of hydrogen-bond acceptors (Lipinski definition) is 6. The van der Waals surface area contributed by atoms with E-state index in [1.807, 2.05) is 122 Å². The molecule has 2 fully saturated rings. The molecule has 0 spiro atoms. The van der Waals surface area contributed by atoms with E-state index >= 15 is 0 Å². The van der Waals surface area contributed by atoms with Crippen molar-refractivity contribution in [3.63, 3.8) is 0 Å². The summed E-state index contributed by atoms with van der Waals surface area (Å²) in [5.74, 6) is 2.52. The van der Waals surface area contributed by atoms with Gasteiger partial charge >= 0.3 is 6.09 Å². The molecular weight excluding hydrogens is 600 g/mol. The largest absolute Gasteiger partial charge is 0.493 e. The molecule has 0 N–H and O–H groups in total. The van der Waals surface area contributed by atoms with Gasteiger partial charge in [0, 0.05) is 18.8 Å². The van der Waals surface area contributed by atoms with Crippen molar-refractivity contribution >= 4 is 12.0 Å². The van der Waals surface area contributed by atoms with Crippen LogP contribution in [0.4, 0.5) is 4.79 Å². The van der Waals surface area contributed by atoms with Crippen LogP contribution in [-0.2, 0) is 27.9 Å². The third-order valence-corrected chi connectivity index (χ3v) is 9.65. The Bertz CT molecular complexity index is 1730. The van der Waals surface area contributed by atoms with Crippen LogP contribution in [-0.4, -0.2) is 34.6 Å². The number of imide groups is 1. The summed E-state index contributed by atoms with van der Waals surface area (Å²) >= 11 is 0. The summed E-state index contributed by atoms with van der Waals surface area (Å²) in [4.78, 5) is 34.2. The molecule has 4 aromatic carbocycles. The van der Waals surface area contributed by atoms with Gasteiger partial charge in [-0.3, -0.25) is 4.79 Å². The predicted molar refractivity (Wildman–Crippen MR) is 183 cm³/mol. The summed E-state index contributed by atoms with van der Waals surface area (Å²) < 4.78 is 17.9. The van der Waals surface area contributed by atoms with Crippen molar-refractivity contribution in [2.75, 3.05) is 6.61 Å². The quantitative estimate of drug-likeness (QED) is 0.135. The van der Waals surface area contributed by atoms with Gasteiger partial charge in [-0.2, -0.15) is 0 Å². The average Bonchev–Trinajstić information content (AvgIpc) is 3.65. The molecule has 1 saturated carbocycles. The lowest BCUT2D eigenvalue weighted by Crippen LogP contribution is -2.51. The van der Waals surface area contributed by atoms with Crippen LogP contribution in [0.5, 0.6) is 5.75 Å². The highest BCUT2D eigenvalue weighted by molar-refractivity contribution is 6.02. The van der Waals surface area contributed by atoms with E-state index < -0.39 is 17.7 Å². The Morgan fingerprint density at radius 2 is 1.33 bits per heavy atom. The normalized spacial score (nSPS) is 17.0. The van der Waals surface area contributed by atoms with Crippen LogP contribution in [0, 0.1) is 6.92 Å². The number of oxazole rings is 1. The van der Waals surface area contributed by atoms with E-state index in [1.165, 1.54) is 24.2 Å². The summed E-state index contributed by atoms with van der Waals surface area (Å²) in [6, 6.07) is 36.6. The smallest absolute Gasteiger partial charge is 0.418 e. The van der Waals surface area contributed by atoms with E-state index in [0.717, 1.165) is 58.2 Å². The zero-order valence-electron chi connectivity index (χ0n) is 27.2. The first-order valence-electron chi connectivity index (χ1n) is 16.9. The molecule has 7 nitrogen and oxygen atoms in total. The van der Waals surface area contributed by atoms with Crippen LogP contribution < -0.4 is 4.74 Å². The van der Waals surface area contributed by atoms with Gasteiger partial charge in [-0.05, 0) is 54.2 Å². The van der Waals surface area contributed by atoms with Crippen molar-refractivity contribution in [2.45, 2.75) is 69.4 Å². The highest BCUT2D eigenvalue weighted by Crippen LogP contribution is 2.45. The van der Waals surface area contributed by atoms with Gasteiger partial charge in [0.05, 0.1) is 12.3 Å². The molecule has 48 heavy (non-hydrogen) atoms. The van der Waals surface area contributed by atoms with Crippen molar-refractivity contribution < 1.29 is 23.5 Å². The molecule has 5 aromatic rings. The molecular formula is C41H40N2O5. The second-order valence-corrected chi connectivity index (χ2v) is 12.7. The minimum Gasteiger partial charge on any atom is -0.493 e. The van der Waals surface area contributed by atoms with Crippen molar-refractivity contribution in [1.29, 1.82) is 0 Å². The van der Waals surface area contributed by atoms with Crippen LogP contribution in [0.3, 0.4) is 0 Å². The van der Waals surface area contributed by atoms with Crippen LogP contribution in [0.2, 0.25) is 0 Å². The van der Waals surface area contributed by atoms with Gasteiger partial charge in [0.1, 0.15) is 17.0 Å². The summed E-state index contributed by atoms with van der Waals surface area (Å²) in [7, 11) is 0. The molecule has 7 rings (SSSR count).